The molecule has 0 amide bonds. The highest BCUT2D eigenvalue weighted by atomic mass is 79.9. The van der Waals surface area contributed by atoms with Crippen LogP contribution in [-0.4, -0.2) is 16.1 Å². The number of thioether (sulfide) groups is 1. The first-order valence-corrected chi connectivity index (χ1v) is 6.73. The Morgan fingerprint density at radius 1 is 1.57 bits per heavy atom. The van der Waals surface area contributed by atoms with E-state index in [1.54, 1.807) is 24.2 Å². The van der Waals surface area contributed by atoms with Gasteiger partial charge < -0.3 is 4.42 Å². The van der Waals surface area contributed by atoms with E-state index in [1.165, 1.54) is 0 Å². The molecule has 0 fully saturated rings. The molecule has 4 heteroatoms. The molecule has 0 aliphatic rings. The number of halogens is 1. The largest absolute Gasteiger partial charge is 0.440 e. The molecule has 0 saturated carbocycles. The van der Waals surface area contributed by atoms with Crippen molar-refractivity contribution in [1.82, 2.24) is 4.98 Å². The van der Waals surface area contributed by atoms with E-state index in [9.17, 15) is 0 Å². The standard InChI is InChI=1S/C10H16BrNOS/c1-10(2,3)8(6-11)7-14-9-12-4-5-13-9/h4-5,8H,6-7H2,1-3H3. The summed E-state index contributed by atoms with van der Waals surface area (Å²) in [5.41, 5.74) is 0.323. The molecule has 0 aliphatic heterocycles. The summed E-state index contributed by atoms with van der Waals surface area (Å²) in [6.45, 7) is 6.78. The van der Waals surface area contributed by atoms with Gasteiger partial charge in [-0.2, -0.15) is 0 Å². The molecule has 0 spiro atoms. The molecule has 0 radical (unpaired) electrons. The summed E-state index contributed by atoms with van der Waals surface area (Å²) in [5, 5.41) is 1.78. The molecule has 1 unspecified atom stereocenters. The normalized spacial score (nSPS) is 14.3. The first-order chi connectivity index (χ1) is 6.54. The molecule has 1 atom stereocenters. The second-order valence-corrected chi connectivity index (χ2v) is 5.94. The third-order valence-corrected chi connectivity index (χ3v) is 4.03. The van der Waals surface area contributed by atoms with Crippen molar-refractivity contribution in [1.29, 1.82) is 0 Å². The average molecular weight is 278 g/mol. The maximum absolute atomic E-state index is 5.18. The van der Waals surface area contributed by atoms with Crippen molar-refractivity contribution < 1.29 is 4.42 Å². The van der Waals surface area contributed by atoms with Gasteiger partial charge in [-0.1, -0.05) is 48.5 Å². The summed E-state index contributed by atoms with van der Waals surface area (Å²) in [4.78, 5) is 4.09. The van der Waals surface area contributed by atoms with Crippen molar-refractivity contribution in [2.24, 2.45) is 11.3 Å². The molecule has 0 N–H and O–H groups in total. The Labute approximate surface area is 98.0 Å². The number of oxazole rings is 1. The third-order valence-electron chi connectivity index (χ3n) is 2.23. The number of hydrogen-bond acceptors (Lipinski definition) is 3. The molecule has 0 aromatic carbocycles. The number of aromatic nitrogens is 1. The molecule has 0 aliphatic carbocycles. The van der Waals surface area contributed by atoms with Crippen LogP contribution < -0.4 is 0 Å². The van der Waals surface area contributed by atoms with Crippen molar-refractivity contribution >= 4 is 27.7 Å². The Balaban J connectivity index is 2.43. The van der Waals surface area contributed by atoms with Gasteiger partial charge in [0.15, 0.2) is 0 Å². The number of rotatable bonds is 4. The van der Waals surface area contributed by atoms with E-state index in [-0.39, 0.29) is 0 Å². The minimum absolute atomic E-state index is 0.323. The van der Waals surface area contributed by atoms with Crippen molar-refractivity contribution in [2.45, 2.75) is 26.0 Å². The van der Waals surface area contributed by atoms with Crippen LogP contribution in [0.2, 0.25) is 0 Å². The molecular formula is C10H16BrNOS. The Kier molecular flexibility index (Phi) is 4.51. The fourth-order valence-electron chi connectivity index (χ4n) is 0.980. The first-order valence-electron chi connectivity index (χ1n) is 4.62. The van der Waals surface area contributed by atoms with Crippen LogP contribution in [0.4, 0.5) is 0 Å². The van der Waals surface area contributed by atoms with Gasteiger partial charge in [0.1, 0.15) is 6.26 Å². The van der Waals surface area contributed by atoms with E-state index < -0.39 is 0 Å². The van der Waals surface area contributed by atoms with Crippen LogP contribution in [-0.2, 0) is 0 Å². The SMILES string of the molecule is CC(C)(C)C(CBr)CSc1ncco1. The maximum atomic E-state index is 5.18. The molecule has 2 nitrogen and oxygen atoms in total. The van der Waals surface area contributed by atoms with Gasteiger partial charge in [-0.05, 0) is 11.3 Å². The molecule has 1 heterocycles. The topological polar surface area (TPSA) is 26.0 Å². The summed E-state index contributed by atoms with van der Waals surface area (Å²) < 4.78 is 5.18. The number of hydrogen-bond donors (Lipinski definition) is 0. The Morgan fingerprint density at radius 2 is 2.29 bits per heavy atom. The lowest BCUT2D eigenvalue weighted by atomic mass is 9.83. The second kappa shape index (κ2) is 5.21. The quantitative estimate of drug-likeness (QED) is 0.618. The second-order valence-electron chi connectivity index (χ2n) is 4.33. The Bertz CT molecular complexity index is 256. The van der Waals surface area contributed by atoms with Gasteiger partial charge in [0, 0.05) is 11.1 Å². The summed E-state index contributed by atoms with van der Waals surface area (Å²) in [7, 11) is 0. The molecule has 14 heavy (non-hydrogen) atoms. The van der Waals surface area contributed by atoms with Gasteiger partial charge in [0.2, 0.25) is 0 Å². The van der Waals surface area contributed by atoms with E-state index in [0.29, 0.717) is 11.3 Å². The van der Waals surface area contributed by atoms with E-state index in [0.717, 1.165) is 16.3 Å². The molecule has 1 aromatic rings. The van der Waals surface area contributed by atoms with Crippen LogP contribution in [0.5, 0.6) is 0 Å². The highest BCUT2D eigenvalue weighted by Gasteiger charge is 2.23. The summed E-state index contributed by atoms with van der Waals surface area (Å²) in [6.07, 6.45) is 3.30. The third kappa shape index (κ3) is 3.65. The van der Waals surface area contributed by atoms with Crippen LogP contribution in [0.15, 0.2) is 22.1 Å². The maximum Gasteiger partial charge on any atom is 0.255 e. The van der Waals surface area contributed by atoms with Gasteiger partial charge in [0.25, 0.3) is 5.22 Å². The highest BCUT2D eigenvalue weighted by Crippen LogP contribution is 2.32. The first kappa shape index (κ1) is 12.1. The van der Waals surface area contributed by atoms with E-state index in [1.807, 2.05) is 0 Å². The zero-order valence-corrected chi connectivity index (χ0v) is 11.2. The van der Waals surface area contributed by atoms with Gasteiger partial charge in [-0.3, -0.25) is 0 Å². The minimum atomic E-state index is 0.323. The monoisotopic (exact) mass is 277 g/mol. The van der Waals surface area contributed by atoms with Gasteiger partial charge in [-0.15, -0.1) is 0 Å². The number of nitrogens with zero attached hydrogens (tertiary/aromatic N) is 1. The molecule has 0 bridgehead atoms. The molecular weight excluding hydrogens is 262 g/mol. The van der Waals surface area contributed by atoms with Crippen LogP contribution in [0.3, 0.4) is 0 Å². The fraction of sp³-hybridized carbons (Fsp3) is 0.700. The van der Waals surface area contributed by atoms with Crippen molar-refractivity contribution in [3.05, 3.63) is 12.5 Å². The van der Waals surface area contributed by atoms with Crippen molar-refractivity contribution in [3.8, 4) is 0 Å². The molecule has 0 saturated heterocycles. The number of alkyl halides is 1. The summed E-state index contributed by atoms with van der Waals surface area (Å²) in [6, 6.07) is 0. The predicted molar refractivity (Wildman–Crippen MR) is 64.0 cm³/mol. The molecule has 80 valence electrons. The zero-order chi connectivity index (χ0) is 10.6. The molecule has 1 rings (SSSR count). The zero-order valence-electron chi connectivity index (χ0n) is 8.79. The van der Waals surface area contributed by atoms with Crippen LogP contribution in [0.25, 0.3) is 0 Å². The van der Waals surface area contributed by atoms with Gasteiger partial charge in [0.05, 0.1) is 6.20 Å². The van der Waals surface area contributed by atoms with Gasteiger partial charge >= 0.3 is 0 Å². The Morgan fingerprint density at radius 3 is 2.71 bits per heavy atom. The van der Waals surface area contributed by atoms with Gasteiger partial charge in [-0.25, -0.2) is 4.98 Å². The Hall–Kier alpha value is 0.0400. The van der Waals surface area contributed by atoms with Crippen LogP contribution in [0, 0.1) is 11.3 Å². The van der Waals surface area contributed by atoms with E-state index in [2.05, 4.69) is 41.7 Å². The average Bonchev–Trinajstić information content (AvgIpc) is 2.55. The van der Waals surface area contributed by atoms with Crippen molar-refractivity contribution in [3.63, 3.8) is 0 Å². The van der Waals surface area contributed by atoms with E-state index >= 15 is 0 Å². The lowest BCUT2D eigenvalue weighted by molar-refractivity contribution is 0.294. The highest BCUT2D eigenvalue weighted by molar-refractivity contribution is 9.09. The van der Waals surface area contributed by atoms with E-state index in [4.69, 9.17) is 4.42 Å². The minimum Gasteiger partial charge on any atom is -0.440 e. The lowest BCUT2D eigenvalue weighted by Crippen LogP contribution is -2.23. The summed E-state index contributed by atoms with van der Waals surface area (Å²) >= 11 is 5.23. The smallest absolute Gasteiger partial charge is 0.255 e. The van der Waals surface area contributed by atoms with Crippen LogP contribution in [0.1, 0.15) is 20.8 Å². The lowest BCUT2D eigenvalue weighted by Gasteiger charge is -2.28. The predicted octanol–water partition coefficient (Wildman–Crippen LogP) is 3.82. The summed E-state index contributed by atoms with van der Waals surface area (Å²) in [5.74, 6) is 1.66. The fourth-order valence-corrected chi connectivity index (χ4v) is 3.70. The molecule has 1 aromatic heterocycles. The van der Waals surface area contributed by atoms with Crippen LogP contribution >= 0.6 is 27.7 Å². The van der Waals surface area contributed by atoms with Crippen molar-refractivity contribution in [2.75, 3.05) is 11.1 Å².